The number of hydrogen-bond donors (Lipinski definition) is 8. The standard InChI is InChI=1S/C84H108N8O4/c1-77(2,3)53-39-51(40-54(43-53)78(4,5)6)49-27-21-31-61(85)69(71-65(89-73(93)57-45-81(57,13)14)35-25-36-66(71)90-74(94)58-46-82(58,15)16)63(87)33-23-29-50(52-41-55(79(7,8)9)44-56(42-52)80(10,11)12)30-24-34-64(88)70(62(86)32-22-28-49)72-67(91-75(95)59-47-83(59,17)18)37-26-38-68(72)92-76(96)60-48-84(60,19)20/h21-29,31-44,57-60,85H,30,45-48,86-88H2,1-20H3,(H,89,93)(H,90,94)(H,91,95)(H,92,96)/b28-22+,31-21-,33-23-,34-24-,49-27-,50-29-,62-32-,69-63+,70-64-,85-61?/t57-,58-,59-,60-/m1/s1. The summed E-state index contributed by atoms with van der Waals surface area (Å²) in [5.74, 6) is -1.43. The van der Waals surface area contributed by atoms with E-state index in [0.717, 1.165) is 70.2 Å². The van der Waals surface area contributed by atoms with Crippen LogP contribution in [0, 0.1) is 50.7 Å². The van der Waals surface area contributed by atoms with Crippen molar-refractivity contribution in [2.24, 2.45) is 62.5 Å². The van der Waals surface area contributed by atoms with Gasteiger partial charge in [0.05, 0.1) is 28.5 Å². The van der Waals surface area contributed by atoms with Gasteiger partial charge in [-0.2, -0.15) is 0 Å². The molecule has 12 heteroatoms. The van der Waals surface area contributed by atoms with Gasteiger partial charge in [-0.3, -0.25) is 19.2 Å². The van der Waals surface area contributed by atoms with Gasteiger partial charge >= 0.3 is 0 Å². The summed E-state index contributed by atoms with van der Waals surface area (Å²) in [7, 11) is 0. The molecule has 0 aliphatic heterocycles. The van der Waals surface area contributed by atoms with Crippen molar-refractivity contribution >= 4 is 74.4 Å². The fourth-order valence-electron chi connectivity index (χ4n) is 12.8. The Morgan fingerprint density at radius 2 is 0.750 bits per heavy atom. The van der Waals surface area contributed by atoms with Crippen molar-refractivity contribution in [3.05, 3.63) is 201 Å². The molecule has 0 bridgehead atoms. The van der Waals surface area contributed by atoms with E-state index in [0.29, 0.717) is 57.1 Å². The van der Waals surface area contributed by atoms with Crippen molar-refractivity contribution in [3.8, 4) is 0 Å². The van der Waals surface area contributed by atoms with Crippen LogP contribution in [-0.4, -0.2) is 29.3 Å². The molecule has 0 heterocycles. The highest BCUT2D eigenvalue weighted by molar-refractivity contribution is 6.31. The predicted octanol–water partition coefficient (Wildman–Crippen LogP) is 18.5. The minimum Gasteiger partial charge on any atom is -0.398 e. The lowest BCUT2D eigenvalue weighted by Crippen LogP contribution is -2.21. The van der Waals surface area contributed by atoms with E-state index in [2.05, 4.69) is 196 Å². The summed E-state index contributed by atoms with van der Waals surface area (Å²) in [5, 5.41) is 23.3. The first-order chi connectivity index (χ1) is 44.4. The van der Waals surface area contributed by atoms with Gasteiger partial charge in [0.1, 0.15) is 0 Å². The molecular formula is C84H108N8O4. The van der Waals surface area contributed by atoms with Gasteiger partial charge in [-0.1, -0.05) is 230 Å². The number of hydrogen-bond acceptors (Lipinski definition) is 8. The van der Waals surface area contributed by atoms with Crippen LogP contribution in [0.1, 0.15) is 215 Å². The van der Waals surface area contributed by atoms with Crippen LogP contribution in [-0.2, 0) is 40.8 Å². The first-order valence-electron chi connectivity index (χ1n) is 34.4. The predicted molar refractivity (Wildman–Crippen MR) is 402 cm³/mol. The lowest BCUT2D eigenvalue weighted by molar-refractivity contribution is -0.118. The minimum absolute atomic E-state index is 0.0269. The fraction of sp³-hybridized carbons (Fsp3) is 0.440. The zero-order valence-electron chi connectivity index (χ0n) is 61.0. The number of nitrogens with one attached hydrogen (secondary N) is 5. The second-order valence-electron chi connectivity index (χ2n) is 34.7. The summed E-state index contributed by atoms with van der Waals surface area (Å²) in [6, 6.07) is 24.4. The monoisotopic (exact) mass is 1290 g/mol. The summed E-state index contributed by atoms with van der Waals surface area (Å²) in [6.45, 7) is 43.1. The smallest absolute Gasteiger partial charge is 0.228 e. The molecule has 0 unspecified atom stereocenters. The third kappa shape index (κ3) is 16.6. The van der Waals surface area contributed by atoms with E-state index < -0.39 is 0 Å². The Morgan fingerprint density at radius 1 is 0.427 bits per heavy atom. The Bertz CT molecular complexity index is 3940. The first kappa shape index (κ1) is 71.8. The van der Waals surface area contributed by atoms with Crippen LogP contribution in [0.25, 0.3) is 22.3 Å². The van der Waals surface area contributed by atoms with Crippen LogP contribution in [0.15, 0.2) is 157 Å². The van der Waals surface area contributed by atoms with Crippen LogP contribution in [0.4, 0.5) is 22.7 Å². The molecule has 96 heavy (non-hydrogen) atoms. The van der Waals surface area contributed by atoms with Crippen LogP contribution >= 0.6 is 0 Å². The van der Waals surface area contributed by atoms with Gasteiger partial charge in [0, 0.05) is 63.0 Å². The van der Waals surface area contributed by atoms with E-state index in [4.69, 9.17) is 17.2 Å². The highest BCUT2D eigenvalue weighted by Gasteiger charge is 2.53. The Morgan fingerprint density at radius 3 is 1.10 bits per heavy atom. The molecule has 508 valence electrons. The quantitative estimate of drug-likeness (QED) is 0.0685. The zero-order valence-corrected chi connectivity index (χ0v) is 61.0. The number of anilines is 4. The summed E-state index contributed by atoms with van der Waals surface area (Å²) >= 11 is 0. The number of allylic oxidation sites excluding steroid dienone is 15. The second kappa shape index (κ2) is 26.1. The van der Waals surface area contributed by atoms with E-state index in [1.54, 1.807) is 18.2 Å². The van der Waals surface area contributed by atoms with Gasteiger partial charge in [-0.25, -0.2) is 0 Å². The van der Waals surface area contributed by atoms with Crippen molar-refractivity contribution in [2.75, 3.05) is 21.3 Å². The third-order valence-electron chi connectivity index (χ3n) is 20.4. The van der Waals surface area contributed by atoms with Gasteiger partial charge in [0.25, 0.3) is 0 Å². The molecule has 4 atom stereocenters. The largest absolute Gasteiger partial charge is 0.398 e. The Balaban J connectivity index is 1.33. The number of carbonyl (C=O) groups is 4. The van der Waals surface area contributed by atoms with E-state index in [1.165, 1.54) is 0 Å². The zero-order chi connectivity index (χ0) is 70.8. The maximum absolute atomic E-state index is 14.3. The van der Waals surface area contributed by atoms with Crippen LogP contribution in [0.5, 0.6) is 0 Å². The van der Waals surface area contributed by atoms with Crippen LogP contribution in [0.2, 0.25) is 0 Å². The van der Waals surface area contributed by atoms with Crippen molar-refractivity contribution in [1.29, 1.82) is 5.41 Å². The maximum atomic E-state index is 14.3. The number of benzene rings is 4. The molecule has 9 rings (SSSR count). The molecule has 4 aromatic carbocycles. The van der Waals surface area contributed by atoms with Gasteiger partial charge < -0.3 is 43.9 Å². The van der Waals surface area contributed by atoms with Gasteiger partial charge in [-0.15, -0.1) is 0 Å². The molecular weight excluding hydrogens is 1180 g/mol. The van der Waals surface area contributed by atoms with Crippen molar-refractivity contribution in [3.63, 3.8) is 0 Å². The Kier molecular flexibility index (Phi) is 19.5. The normalized spacial score (nSPS) is 26.2. The van der Waals surface area contributed by atoms with Crippen molar-refractivity contribution in [1.82, 2.24) is 0 Å². The van der Waals surface area contributed by atoms with Gasteiger partial charge in [0.15, 0.2) is 0 Å². The molecule has 4 fully saturated rings. The number of rotatable bonds is 12. The summed E-state index contributed by atoms with van der Waals surface area (Å²) in [4.78, 5) is 57.1. The Labute approximate surface area is 573 Å². The average molecular weight is 1290 g/mol. The highest BCUT2D eigenvalue weighted by atomic mass is 16.2. The number of amides is 4. The van der Waals surface area contributed by atoms with E-state index in [-0.39, 0.29) is 108 Å². The highest BCUT2D eigenvalue weighted by Crippen LogP contribution is 2.55. The van der Waals surface area contributed by atoms with E-state index >= 15 is 0 Å². The van der Waals surface area contributed by atoms with Crippen LogP contribution < -0.4 is 38.5 Å². The number of carbonyl (C=O) groups excluding carboxylic acids is 4. The molecule has 4 amide bonds. The van der Waals surface area contributed by atoms with E-state index in [9.17, 15) is 24.6 Å². The molecule has 0 radical (unpaired) electrons. The average Bonchev–Trinajstić information content (AvgIpc) is 1.52. The molecule has 11 N–H and O–H groups in total. The molecule has 0 spiro atoms. The molecule has 0 saturated heterocycles. The Hall–Kier alpha value is -8.51. The van der Waals surface area contributed by atoms with Gasteiger partial charge in [-0.05, 0) is 169 Å². The van der Waals surface area contributed by atoms with Crippen molar-refractivity contribution in [2.45, 2.75) is 192 Å². The molecule has 0 aromatic heterocycles. The lowest BCUT2D eigenvalue weighted by Gasteiger charge is -2.26. The molecule has 12 nitrogen and oxygen atoms in total. The summed E-state index contributed by atoms with van der Waals surface area (Å²) < 4.78 is 0. The molecule has 4 saturated carbocycles. The maximum Gasteiger partial charge on any atom is 0.228 e. The van der Waals surface area contributed by atoms with Crippen molar-refractivity contribution < 1.29 is 19.2 Å². The topological polar surface area (TPSA) is 218 Å². The first-order valence-corrected chi connectivity index (χ1v) is 34.4. The molecule has 4 aromatic rings. The van der Waals surface area contributed by atoms with Gasteiger partial charge in [0.2, 0.25) is 23.6 Å². The van der Waals surface area contributed by atoms with Crippen LogP contribution in [0.3, 0.4) is 0 Å². The molecule has 5 aliphatic rings. The van der Waals surface area contributed by atoms with E-state index in [1.807, 2.05) is 85.0 Å². The lowest BCUT2D eigenvalue weighted by atomic mass is 9.78. The second-order valence-corrected chi connectivity index (χ2v) is 34.7. The minimum atomic E-state index is -0.228. The number of nitrogens with two attached hydrogens (primary N) is 3. The fourth-order valence-corrected chi connectivity index (χ4v) is 12.8. The third-order valence-corrected chi connectivity index (χ3v) is 20.4. The SMILES string of the molecule is CC(C)(C)c1cc(C2=C\C=C/C(=N)/C(c3c(NC(=O)[C@H]4CC4(C)C)cccc3NC(=O)[C@H]3CC3(C)C)=C(N)/C=C\C=C(/c3cc(C(C)(C)C)cc(C(C)(C)C)c3)C\C=C/C(N)=C(c3c(NC(=O)[C@H]4CC4(C)C)cccc3NC(=O)[C@H]3CC3(C)C)\C(N)=C\C=C\2)cc(C(C)(C)C)c1. The summed E-state index contributed by atoms with van der Waals surface area (Å²) in [6.07, 6.45) is 24.0. The molecule has 5 aliphatic carbocycles. The summed E-state index contributed by atoms with van der Waals surface area (Å²) in [5.41, 5.74) is 33.3.